The highest BCUT2D eigenvalue weighted by Gasteiger charge is 2.14. The molecule has 0 saturated carbocycles. The number of pyridine rings is 1. The van der Waals surface area contributed by atoms with Crippen molar-refractivity contribution in [2.24, 2.45) is 7.05 Å². The Labute approximate surface area is 144 Å². The zero-order chi connectivity index (χ0) is 17.3. The summed E-state index contributed by atoms with van der Waals surface area (Å²) in [6.45, 7) is 0.744. The largest absolute Gasteiger partial charge is 0.493 e. The van der Waals surface area contributed by atoms with Crippen LogP contribution in [0, 0.1) is 0 Å². The maximum absolute atomic E-state index is 12.5. The van der Waals surface area contributed by atoms with Crippen LogP contribution in [0.2, 0.25) is 0 Å². The Balaban J connectivity index is 2.25. The van der Waals surface area contributed by atoms with Crippen LogP contribution >= 0.6 is 11.3 Å². The maximum atomic E-state index is 12.5. The van der Waals surface area contributed by atoms with Crippen molar-refractivity contribution in [2.45, 2.75) is 6.54 Å². The van der Waals surface area contributed by atoms with E-state index in [2.05, 4.69) is 5.32 Å². The monoisotopic (exact) mass is 344 g/mol. The van der Waals surface area contributed by atoms with E-state index in [4.69, 9.17) is 9.47 Å². The fourth-order valence-corrected chi connectivity index (χ4v) is 3.96. The van der Waals surface area contributed by atoms with Crippen molar-refractivity contribution >= 4 is 21.4 Å². The number of hydrogen-bond donors (Lipinski definition) is 1. The third kappa shape index (κ3) is 2.79. The van der Waals surface area contributed by atoms with E-state index in [-0.39, 0.29) is 5.56 Å². The van der Waals surface area contributed by atoms with Crippen molar-refractivity contribution in [3.05, 3.63) is 45.7 Å². The Morgan fingerprint density at radius 2 is 1.92 bits per heavy atom. The lowest BCUT2D eigenvalue weighted by atomic mass is 10.1. The number of ether oxygens (including phenoxy) is 2. The van der Waals surface area contributed by atoms with Crippen LogP contribution in [0.5, 0.6) is 11.5 Å². The molecule has 126 valence electrons. The standard InChI is InChI=1S/C18H20N2O3S/c1-19-9-12-8-13-17(24-12)14(10-20(2)18(13)21)11-5-6-15(22-3)16(7-11)23-4/h5-8,10,19H,9H2,1-4H3. The van der Waals surface area contributed by atoms with E-state index in [9.17, 15) is 4.79 Å². The summed E-state index contributed by atoms with van der Waals surface area (Å²) < 4.78 is 13.3. The van der Waals surface area contributed by atoms with Crippen LogP contribution in [-0.2, 0) is 13.6 Å². The molecule has 0 bridgehead atoms. The lowest BCUT2D eigenvalue weighted by molar-refractivity contribution is 0.355. The summed E-state index contributed by atoms with van der Waals surface area (Å²) in [5, 5.41) is 3.89. The molecule has 0 aliphatic heterocycles. The number of thiophene rings is 1. The summed E-state index contributed by atoms with van der Waals surface area (Å²) in [4.78, 5) is 13.6. The number of nitrogens with one attached hydrogen (secondary N) is 1. The van der Waals surface area contributed by atoms with Gasteiger partial charge in [0.2, 0.25) is 0 Å². The van der Waals surface area contributed by atoms with Crippen molar-refractivity contribution in [3.63, 3.8) is 0 Å². The Bertz CT molecular complexity index is 943. The summed E-state index contributed by atoms with van der Waals surface area (Å²) in [6, 6.07) is 7.78. The van der Waals surface area contributed by atoms with Gasteiger partial charge in [-0.25, -0.2) is 0 Å². The SMILES string of the molecule is CNCc1cc2c(=O)n(C)cc(-c3ccc(OC)c(OC)c3)c2s1. The second-order valence-corrected chi connectivity index (χ2v) is 6.65. The average Bonchev–Trinajstić information content (AvgIpc) is 3.02. The van der Waals surface area contributed by atoms with Crippen LogP contribution in [0.25, 0.3) is 21.2 Å². The first-order valence-electron chi connectivity index (χ1n) is 7.58. The van der Waals surface area contributed by atoms with Crippen LogP contribution in [0.1, 0.15) is 4.88 Å². The fourth-order valence-electron chi connectivity index (χ4n) is 2.77. The predicted molar refractivity (Wildman–Crippen MR) is 98.4 cm³/mol. The molecule has 0 fully saturated rings. The van der Waals surface area contributed by atoms with Gasteiger partial charge in [-0.1, -0.05) is 6.07 Å². The lowest BCUT2D eigenvalue weighted by Crippen LogP contribution is -2.15. The van der Waals surface area contributed by atoms with E-state index in [0.29, 0.717) is 11.5 Å². The highest BCUT2D eigenvalue weighted by atomic mass is 32.1. The summed E-state index contributed by atoms with van der Waals surface area (Å²) in [5.41, 5.74) is 2.03. The second-order valence-electron chi connectivity index (χ2n) is 5.51. The number of aromatic nitrogens is 1. The molecule has 1 aromatic carbocycles. The van der Waals surface area contributed by atoms with Gasteiger partial charge in [-0.05, 0) is 30.8 Å². The van der Waals surface area contributed by atoms with Crippen LogP contribution in [0.4, 0.5) is 0 Å². The van der Waals surface area contributed by atoms with Gasteiger partial charge in [-0.2, -0.15) is 0 Å². The van der Waals surface area contributed by atoms with Gasteiger partial charge in [0.25, 0.3) is 5.56 Å². The smallest absolute Gasteiger partial charge is 0.259 e. The molecule has 3 rings (SSSR count). The molecule has 0 saturated heterocycles. The van der Waals surface area contributed by atoms with Crippen molar-refractivity contribution in [1.29, 1.82) is 0 Å². The summed E-state index contributed by atoms with van der Waals surface area (Å²) in [7, 11) is 6.92. The van der Waals surface area contributed by atoms with Gasteiger partial charge in [-0.15, -0.1) is 11.3 Å². The molecule has 2 aromatic heterocycles. The predicted octanol–water partition coefficient (Wildman–Crippen LogP) is 3.00. The molecule has 0 aliphatic carbocycles. The highest BCUT2D eigenvalue weighted by molar-refractivity contribution is 7.19. The van der Waals surface area contributed by atoms with E-state index in [1.165, 1.54) is 0 Å². The molecule has 2 heterocycles. The minimum atomic E-state index is 0.0211. The quantitative estimate of drug-likeness (QED) is 0.773. The van der Waals surface area contributed by atoms with Gasteiger partial charge in [0.1, 0.15) is 0 Å². The van der Waals surface area contributed by atoms with Gasteiger partial charge in [0.15, 0.2) is 11.5 Å². The average molecular weight is 344 g/mol. The van der Waals surface area contributed by atoms with Crippen molar-refractivity contribution in [1.82, 2.24) is 9.88 Å². The Morgan fingerprint density at radius 3 is 2.58 bits per heavy atom. The molecule has 1 N–H and O–H groups in total. The number of fused-ring (bicyclic) bond motifs is 1. The number of aryl methyl sites for hydroxylation is 1. The van der Waals surface area contributed by atoms with E-state index >= 15 is 0 Å². The van der Waals surface area contributed by atoms with Crippen LogP contribution < -0.4 is 20.3 Å². The fraction of sp³-hybridized carbons (Fsp3) is 0.278. The summed E-state index contributed by atoms with van der Waals surface area (Å²) in [5.74, 6) is 1.35. The first kappa shape index (κ1) is 16.5. The molecule has 6 heteroatoms. The molecule has 3 aromatic rings. The van der Waals surface area contributed by atoms with E-state index in [1.807, 2.05) is 37.5 Å². The molecule has 0 aliphatic rings. The number of rotatable bonds is 5. The molecule has 0 unspecified atom stereocenters. The van der Waals surface area contributed by atoms with E-state index < -0.39 is 0 Å². The van der Waals surface area contributed by atoms with Gasteiger partial charge in [0, 0.05) is 34.9 Å². The number of hydrogen-bond acceptors (Lipinski definition) is 5. The Morgan fingerprint density at radius 1 is 1.17 bits per heavy atom. The van der Waals surface area contributed by atoms with Gasteiger partial charge in [-0.3, -0.25) is 4.79 Å². The van der Waals surface area contributed by atoms with Crippen molar-refractivity contribution < 1.29 is 9.47 Å². The molecule has 0 radical (unpaired) electrons. The number of methoxy groups -OCH3 is 2. The Kier molecular flexibility index (Phi) is 4.59. The molecule has 24 heavy (non-hydrogen) atoms. The minimum absolute atomic E-state index is 0.0211. The highest BCUT2D eigenvalue weighted by Crippen LogP contribution is 2.37. The van der Waals surface area contributed by atoms with Gasteiger partial charge in [0.05, 0.1) is 19.6 Å². The Hall–Kier alpha value is -2.31. The van der Waals surface area contributed by atoms with Crippen LogP contribution in [-0.4, -0.2) is 25.8 Å². The minimum Gasteiger partial charge on any atom is -0.493 e. The zero-order valence-electron chi connectivity index (χ0n) is 14.2. The molecule has 5 nitrogen and oxygen atoms in total. The van der Waals surface area contributed by atoms with E-state index in [0.717, 1.165) is 32.6 Å². The summed E-state index contributed by atoms with van der Waals surface area (Å²) in [6.07, 6.45) is 1.88. The molecular formula is C18H20N2O3S. The maximum Gasteiger partial charge on any atom is 0.259 e. The van der Waals surface area contributed by atoms with Gasteiger partial charge >= 0.3 is 0 Å². The van der Waals surface area contributed by atoms with Crippen molar-refractivity contribution in [3.8, 4) is 22.6 Å². The molecule has 0 amide bonds. The van der Waals surface area contributed by atoms with Crippen LogP contribution in [0.3, 0.4) is 0 Å². The third-order valence-corrected chi connectivity index (χ3v) is 5.12. The van der Waals surface area contributed by atoms with E-state index in [1.54, 1.807) is 37.2 Å². The second kappa shape index (κ2) is 6.67. The van der Waals surface area contributed by atoms with Gasteiger partial charge < -0.3 is 19.4 Å². The molecule has 0 spiro atoms. The third-order valence-electron chi connectivity index (χ3n) is 3.95. The normalized spacial score (nSPS) is 11.0. The first-order chi connectivity index (χ1) is 11.6. The zero-order valence-corrected chi connectivity index (χ0v) is 15.0. The summed E-state index contributed by atoms with van der Waals surface area (Å²) >= 11 is 1.64. The van der Waals surface area contributed by atoms with Crippen molar-refractivity contribution in [2.75, 3.05) is 21.3 Å². The first-order valence-corrected chi connectivity index (χ1v) is 8.39. The molecule has 0 atom stereocenters. The lowest BCUT2D eigenvalue weighted by Gasteiger charge is -2.11. The number of benzene rings is 1. The van der Waals surface area contributed by atoms with Crippen LogP contribution in [0.15, 0.2) is 35.3 Å². The molecular weight excluding hydrogens is 324 g/mol. The number of nitrogens with zero attached hydrogens (tertiary/aromatic N) is 1. The topological polar surface area (TPSA) is 52.5 Å².